The third-order valence-electron chi connectivity index (χ3n) is 2.98. The minimum Gasteiger partial charge on any atom is -0.392 e. The van der Waals surface area contributed by atoms with Gasteiger partial charge in [-0.1, -0.05) is 0 Å². The molecule has 0 radical (unpaired) electrons. The Bertz CT molecular complexity index is 499. The molecule has 8 heteroatoms. The topological polar surface area (TPSA) is 65.5 Å². The standard InChI is InChI=1S/C12H14F3N3O2/c13-12(14,15)10-6-8(7-19)5-9(17-10)11(20)18-3-1-16-2-4-18/h5-6,16,19H,1-4,7H2. The molecule has 0 aliphatic carbocycles. The normalized spacial score (nSPS) is 16.3. The van der Waals surface area contributed by atoms with Gasteiger partial charge in [0, 0.05) is 26.2 Å². The minimum absolute atomic E-state index is 0.0193. The molecule has 1 aliphatic heterocycles. The van der Waals surface area contributed by atoms with Crippen molar-refractivity contribution in [3.63, 3.8) is 0 Å². The number of piperazine rings is 1. The predicted molar refractivity (Wildman–Crippen MR) is 63.9 cm³/mol. The van der Waals surface area contributed by atoms with Gasteiger partial charge >= 0.3 is 6.18 Å². The molecular formula is C12H14F3N3O2. The summed E-state index contributed by atoms with van der Waals surface area (Å²) in [5.41, 5.74) is -1.43. The number of nitrogens with one attached hydrogen (secondary N) is 1. The maximum absolute atomic E-state index is 12.7. The van der Waals surface area contributed by atoms with E-state index in [0.29, 0.717) is 26.2 Å². The van der Waals surface area contributed by atoms with Crippen LogP contribution in [-0.4, -0.2) is 47.1 Å². The average Bonchev–Trinajstić information content (AvgIpc) is 2.46. The first-order valence-electron chi connectivity index (χ1n) is 6.11. The lowest BCUT2D eigenvalue weighted by molar-refractivity contribution is -0.141. The second-order valence-corrected chi connectivity index (χ2v) is 4.44. The Morgan fingerprint density at radius 2 is 2.00 bits per heavy atom. The number of amides is 1. The molecule has 0 unspecified atom stereocenters. The number of carbonyl (C=O) groups is 1. The zero-order valence-electron chi connectivity index (χ0n) is 10.6. The summed E-state index contributed by atoms with van der Waals surface area (Å²) in [5, 5.41) is 12.1. The van der Waals surface area contributed by atoms with Gasteiger partial charge in [0.2, 0.25) is 0 Å². The Labute approximate surface area is 113 Å². The molecule has 1 fully saturated rings. The van der Waals surface area contributed by atoms with Crippen LogP contribution in [0.25, 0.3) is 0 Å². The minimum atomic E-state index is -4.65. The van der Waals surface area contributed by atoms with Gasteiger partial charge in [0.05, 0.1) is 6.61 Å². The second kappa shape index (κ2) is 5.76. The number of hydrogen-bond acceptors (Lipinski definition) is 4. The van der Waals surface area contributed by atoms with Crippen LogP contribution >= 0.6 is 0 Å². The van der Waals surface area contributed by atoms with Crippen molar-refractivity contribution < 1.29 is 23.1 Å². The van der Waals surface area contributed by atoms with Gasteiger partial charge in [-0.3, -0.25) is 4.79 Å². The zero-order valence-corrected chi connectivity index (χ0v) is 10.6. The van der Waals surface area contributed by atoms with Gasteiger partial charge in [-0.15, -0.1) is 0 Å². The van der Waals surface area contributed by atoms with Crippen LogP contribution in [0.15, 0.2) is 12.1 Å². The molecule has 20 heavy (non-hydrogen) atoms. The Balaban J connectivity index is 2.32. The van der Waals surface area contributed by atoms with E-state index in [1.54, 1.807) is 0 Å². The van der Waals surface area contributed by atoms with Gasteiger partial charge in [0.1, 0.15) is 11.4 Å². The zero-order chi connectivity index (χ0) is 14.8. The number of pyridine rings is 1. The van der Waals surface area contributed by atoms with Crippen LogP contribution in [-0.2, 0) is 12.8 Å². The summed E-state index contributed by atoms with van der Waals surface area (Å²) >= 11 is 0. The highest BCUT2D eigenvalue weighted by Gasteiger charge is 2.34. The molecular weight excluding hydrogens is 275 g/mol. The number of rotatable bonds is 2. The second-order valence-electron chi connectivity index (χ2n) is 4.44. The van der Waals surface area contributed by atoms with E-state index < -0.39 is 24.4 Å². The maximum atomic E-state index is 12.7. The first-order valence-corrected chi connectivity index (χ1v) is 6.11. The largest absolute Gasteiger partial charge is 0.433 e. The fourth-order valence-electron chi connectivity index (χ4n) is 1.96. The van der Waals surface area contributed by atoms with Crippen molar-refractivity contribution in [2.24, 2.45) is 0 Å². The monoisotopic (exact) mass is 289 g/mol. The van der Waals surface area contributed by atoms with Crippen LogP contribution in [0.5, 0.6) is 0 Å². The van der Waals surface area contributed by atoms with E-state index in [1.807, 2.05) is 0 Å². The third kappa shape index (κ3) is 3.26. The Kier molecular flexibility index (Phi) is 4.24. The maximum Gasteiger partial charge on any atom is 0.433 e. The van der Waals surface area contributed by atoms with Crippen LogP contribution < -0.4 is 5.32 Å². The smallest absolute Gasteiger partial charge is 0.392 e. The van der Waals surface area contributed by atoms with E-state index in [9.17, 15) is 18.0 Å². The molecule has 0 atom stereocenters. The average molecular weight is 289 g/mol. The van der Waals surface area contributed by atoms with Crippen LogP contribution in [0.3, 0.4) is 0 Å². The molecule has 2 N–H and O–H groups in total. The Morgan fingerprint density at radius 3 is 2.55 bits per heavy atom. The number of nitrogens with zero attached hydrogens (tertiary/aromatic N) is 2. The number of aromatic nitrogens is 1. The van der Waals surface area contributed by atoms with E-state index in [0.717, 1.165) is 6.07 Å². The van der Waals surface area contributed by atoms with Gasteiger partial charge in [-0.25, -0.2) is 4.98 Å². The molecule has 2 rings (SSSR count). The summed E-state index contributed by atoms with van der Waals surface area (Å²) in [4.78, 5) is 17.0. The molecule has 1 amide bonds. The number of alkyl halides is 3. The van der Waals surface area contributed by atoms with Gasteiger partial charge in [-0.05, 0) is 17.7 Å². The van der Waals surface area contributed by atoms with E-state index in [2.05, 4.69) is 10.3 Å². The fourth-order valence-corrected chi connectivity index (χ4v) is 1.96. The van der Waals surface area contributed by atoms with Crippen molar-refractivity contribution in [2.75, 3.05) is 26.2 Å². The van der Waals surface area contributed by atoms with Crippen LogP contribution in [0.2, 0.25) is 0 Å². The van der Waals surface area contributed by atoms with E-state index in [-0.39, 0.29) is 11.3 Å². The summed E-state index contributed by atoms with van der Waals surface area (Å²) in [5.74, 6) is -0.549. The highest BCUT2D eigenvalue weighted by Crippen LogP contribution is 2.28. The van der Waals surface area contributed by atoms with Gasteiger partial charge < -0.3 is 15.3 Å². The third-order valence-corrected chi connectivity index (χ3v) is 2.98. The first-order chi connectivity index (χ1) is 9.41. The number of aliphatic hydroxyl groups excluding tert-OH is 1. The van der Waals surface area contributed by atoms with Gasteiger partial charge in [0.25, 0.3) is 5.91 Å². The van der Waals surface area contributed by atoms with Crippen molar-refractivity contribution in [3.05, 3.63) is 29.1 Å². The van der Waals surface area contributed by atoms with Crippen LogP contribution in [0.1, 0.15) is 21.7 Å². The Hall–Kier alpha value is -1.67. The van der Waals surface area contributed by atoms with Crippen molar-refractivity contribution in [1.29, 1.82) is 0 Å². The van der Waals surface area contributed by atoms with Gasteiger partial charge in [0.15, 0.2) is 0 Å². The van der Waals surface area contributed by atoms with Crippen molar-refractivity contribution >= 4 is 5.91 Å². The molecule has 0 bridgehead atoms. The molecule has 1 saturated heterocycles. The Morgan fingerprint density at radius 1 is 1.35 bits per heavy atom. The highest BCUT2D eigenvalue weighted by atomic mass is 19.4. The van der Waals surface area contributed by atoms with Crippen molar-refractivity contribution in [2.45, 2.75) is 12.8 Å². The molecule has 1 aliphatic rings. The molecule has 1 aromatic rings. The number of aliphatic hydroxyl groups is 1. The molecule has 5 nitrogen and oxygen atoms in total. The highest BCUT2D eigenvalue weighted by molar-refractivity contribution is 5.92. The van der Waals surface area contributed by atoms with Crippen molar-refractivity contribution in [1.82, 2.24) is 15.2 Å². The molecule has 0 saturated carbocycles. The summed E-state index contributed by atoms with van der Waals surface area (Å²) < 4.78 is 38.1. The van der Waals surface area contributed by atoms with Crippen LogP contribution in [0.4, 0.5) is 13.2 Å². The quantitative estimate of drug-likeness (QED) is 0.838. The molecule has 1 aromatic heterocycles. The number of hydrogen-bond donors (Lipinski definition) is 2. The molecule has 0 spiro atoms. The lowest BCUT2D eigenvalue weighted by atomic mass is 10.1. The summed E-state index contributed by atoms with van der Waals surface area (Å²) in [6.45, 7) is 1.46. The number of halogens is 3. The SMILES string of the molecule is O=C(c1cc(CO)cc(C(F)(F)F)n1)N1CCNCC1. The first kappa shape index (κ1) is 14.7. The van der Waals surface area contributed by atoms with E-state index in [4.69, 9.17) is 5.11 Å². The summed E-state index contributed by atoms with van der Waals surface area (Å²) in [6.07, 6.45) is -4.65. The van der Waals surface area contributed by atoms with Gasteiger partial charge in [-0.2, -0.15) is 13.2 Å². The summed E-state index contributed by atoms with van der Waals surface area (Å²) in [6, 6.07) is 1.94. The van der Waals surface area contributed by atoms with E-state index in [1.165, 1.54) is 11.0 Å². The molecule has 110 valence electrons. The summed E-state index contributed by atoms with van der Waals surface area (Å²) in [7, 11) is 0. The van der Waals surface area contributed by atoms with E-state index >= 15 is 0 Å². The number of carbonyl (C=O) groups excluding carboxylic acids is 1. The van der Waals surface area contributed by atoms with Crippen LogP contribution in [0, 0.1) is 0 Å². The van der Waals surface area contributed by atoms with Crippen molar-refractivity contribution in [3.8, 4) is 0 Å². The molecule has 2 heterocycles. The predicted octanol–water partition coefficient (Wildman–Crippen LogP) is 0.638. The fraction of sp³-hybridized carbons (Fsp3) is 0.500. The lowest BCUT2D eigenvalue weighted by Crippen LogP contribution is -2.46. The lowest BCUT2D eigenvalue weighted by Gasteiger charge is -2.27. The molecule has 0 aromatic carbocycles.